The van der Waals surface area contributed by atoms with Crippen molar-refractivity contribution in [2.45, 2.75) is 19.4 Å². The molecule has 12 nitrogen and oxygen atoms in total. The quantitative estimate of drug-likeness (QED) is 0.114. The lowest BCUT2D eigenvalue weighted by Crippen LogP contribution is -2.85. The first-order valence-corrected chi connectivity index (χ1v) is 11.6. The number of H-pyrrole nitrogens is 1. The van der Waals surface area contributed by atoms with Crippen molar-refractivity contribution in [3.8, 4) is 0 Å². The van der Waals surface area contributed by atoms with E-state index in [0.717, 1.165) is 36.4 Å². The van der Waals surface area contributed by atoms with Crippen LogP contribution >= 0.6 is 8.25 Å². The van der Waals surface area contributed by atoms with Crippen LogP contribution < -0.4 is 20.8 Å². The van der Waals surface area contributed by atoms with Crippen molar-refractivity contribution in [2.75, 3.05) is 13.1 Å². The highest BCUT2D eigenvalue weighted by molar-refractivity contribution is 7.30. The van der Waals surface area contributed by atoms with E-state index in [9.17, 15) is 9.18 Å². The molecule has 4 N–H and O–H groups in total. The number of aromatic amines is 1. The zero-order valence-electron chi connectivity index (χ0n) is 18.3. The van der Waals surface area contributed by atoms with Gasteiger partial charge >= 0.3 is 8.25 Å². The Morgan fingerprint density at radius 1 is 1.23 bits per heavy atom. The van der Waals surface area contributed by atoms with Gasteiger partial charge in [0.25, 0.3) is 5.91 Å². The second kappa shape index (κ2) is 13.3. The van der Waals surface area contributed by atoms with Gasteiger partial charge in [-0.2, -0.15) is 0 Å². The van der Waals surface area contributed by atoms with E-state index in [2.05, 4.69) is 35.2 Å². The minimum Gasteiger partial charge on any atom is -0.674 e. The Balaban J connectivity index is 0.000000694. The Morgan fingerprint density at radius 3 is 2.74 bits per heavy atom. The van der Waals surface area contributed by atoms with Crippen molar-refractivity contribution >= 4 is 25.2 Å². The fourth-order valence-corrected chi connectivity index (χ4v) is 3.07. The number of fused-ring (bicyclic) bond motifs is 1. The molecular weight excluding hydrogens is 482 g/mol. The predicted octanol–water partition coefficient (Wildman–Crippen LogP) is -0.0944. The van der Waals surface area contributed by atoms with Crippen molar-refractivity contribution in [1.82, 2.24) is 25.3 Å². The number of rotatable bonds is 10. The average Bonchev–Trinajstić information content (AvgIpc) is 3.50. The number of nitrogens with two attached hydrogens (primary N) is 1. The molecule has 0 saturated heterocycles. The Morgan fingerprint density at radius 2 is 2.00 bits per heavy atom. The van der Waals surface area contributed by atoms with E-state index in [1.54, 1.807) is 0 Å². The lowest BCUT2D eigenvalue weighted by molar-refractivity contribution is -0.654. The highest BCUT2D eigenvalue weighted by Crippen LogP contribution is 2.10. The smallest absolute Gasteiger partial charge is 0.479 e. The molecule has 35 heavy (non-hydrogen) atoms. The van der Waals surface area contributed by atoms with E-state index in [-0.39, 0.29) is 19.4 Å². The number of amides is 1. The van der Waals surface area contributed by atoms with Crippen LogP contribution in [0.3, 0.4) is 0 Å². The maximum Gasteiger partial charge on any atom is 0.479 e. The maximum absolute atomic E-state index is 13.6. The van der Waals surface area contributed by atoms with Crippen LogP contribution in [-0.4, -0.2) is 38.9 Å². The van der Waals surface area contributed by atoms with E-state index in [1.165, 1.54) is 24.6 Å². The number of hydrogen-bond acceptors (Lipinski definition) is 9. The number of oxazole rings is 1. The van der Waals surface area contributed by atoms with Crippen LogP contribution in [0, 0.1) is 5.82 Å². The molecule has 0 fully saturated rings. The number of halogens is 1. The van der Waals surface area contributed by atoms with E-state index in [1.807, 2.05) is 24.3 Å². The van der Waals surface area contributed by atoms with Gasteiger partial charge in [-0.3, -0.25) is 9.78 Å². The minimum atomic E-state index is -3.15. The first-order chi connectivity index (χ1) is 17.0. The number of pyridine rings is 1. The molecule has 186 valence electrons. The van der Waals surface area contributed by atoms with Crippen LogP contribution in [0.1, 0.15) is 29.3 Å². The zero-order valence-corrected chi connectivity index (χ0v) is 19.2. The summed E-state index contributed by atoms with van der Waals surface area (Å²) in [6.07, 6.45) is 4.22. The Kier molecular flexibility index (Phi) is 9.90. The Bertz CT molecular complexity index is 1240. The third-order valence-corrected chi connectivity index (χ3v) is 4.80. The highest BCUT2D eigenvalue weighted by Gasteiger charge is 2.13. The van der Waals surface area contributed by atoms with Crippen LogP contribution in [-0.2, 0) is 28.6 Å². The number of aromatic nitrogens is 4. The minimum absolute atomic E-state index is 0. The monoisotopic (exact) mass is 506 g/mol. The third-order valence-electron chi connectivity index (χ3n) is 4.68. The molecule has 0 aliphatic rings. The lowest BCUT2D eigenvalue weighted by Gasteiger charge is -2.03. The summed E-state index contributed by atoms with van der Waals surface area (Å²) in [6.45, 7) is 1.65. The van der Waals surface area contributed by atoms with Gasteiger partial charge in [0.15, 0.2) is 11.6 Å². The summed E-state index contributed by atoms with van der Waals surface area (Å²) in [6, 6.07) is 10.8. The van der Waals surface area contributed by atoms with Crippen molar-refractivity contribution in [2.24, 2.45) is 0 Å². The number of quaternary nitrogens is 1. The molecule has 4 rings (SSSR count). The van der Waals surface area contributed by atoms with E-state index < -0.39 is 20.0 Å². The van der Waals surface area contributed by atoms with Crippen molar-refractivity contribution in [3.63, 3.8) is 0 Å². The summed E-state index contributed by atoms with van der Waals surface area (Å²) >= 11 is 0. The Labute approximate surface area is 201 Å². The van der Waals surface area contributed by atoms with Crippen LogP contribution in [0.4, 0.5) is 4.39 Å². The summed E-state index contributed by atoms with van der Waals surface area (Å²) in [7, 11) is -3.15. The number of nitrogens with zero attached hydrogens (tertiary/aromatic N) is 3. The average molecular weight is 506 g/mol. The summed E-state index contributed by atoms with van der Waals surface area (Å²) in [4.78, 5) is 37.0. The van der Waals surface area contributed by atoms with Gasteiger partial charge < -0.3 is 30.2 Å². The molecule has 4 aromatic rings. The van der Waals surface area contributed by atoms with E-state index in [0.29, 0.717) is 12.3 Å². The second-order valence-electron chi connectivity index (χ2n) is 7.11. The van der Waals surface area contributed by atoms with Crippen LogP contribution in [0.2, 0.25) is 0 Å². The Hall–Kier alpha value is -3.61. The van der Waals surface area contributed by atoms with Crippen molar-refractivity contribution in [1.29, 1.82) is 0 Å². The van der Waals surface area contributed by atoms with Crippen molar-refractivity contribution in [3.05, 3.63) is 77.8 Å². The second-order valence-corrected chi connectivity index (χ2v) is 7.70. The first-order valence-electron chi connectivity index (χ1n) is 10.5. The van der Waals surface area contributed by atoms with Gasteiger partial charge in [-0.1, -0.05) is 12.1 Å². The van der Waals surface area contributed by atoms with Gasteiger partial charge in [0.05, 0.1) is 49.2 Å². The summed E-state index contributed by atoms with van der Waals surface area (Å²) < 4.78 is 30.2. The normalized spacial score (nSPS) is 11.1. The maximum atomic E-state index is 13.6. The highest BCUT2D eigenvalue weighted by atomic mass is 31.1. The molecule has 1 amide bonds. The molecular formula is C21H24FN6O6P. The molecule has 3 aromatic heterocycles. The van der Waals surface area contributed by atoms with Gasteiger partial charge in [-0.15, -0.1) is 0 Å². The van der Waals surface area contributed by atoms with Crippen LogP contribution in [0.25, 0.3) is 11.0 Å². The van der Waals surface area contributed by atoms with Crippen LogP contribution in [0.5, 0.6) is 0 Å². The zero-order chi connectivity index (χ0) is 25.0. The molecule has 3 heterocycles. The number of benzene rings is 1. The molecule has 1 unspecified atom stereocenters. The SMILES string of the molecule is O=C(NCc1ncccc1F)c1coc(CC[NH2+]CCc2nc3ccccc3[nH]2)n1.O=[P+]([O-])O[O-].[HH]. The van der Waals surface area contributed by atoms with Crippen molar-refractivity contribution < 1.29 is 39.7 Å². The number of hydrogen-bond donors (Lipinski definition) is 3. The molecule has 0 aliphatic heterocycles. The third kappa shape index (κ3) is 8.28. The molecule has 0 bridgehead atoms. The number of para-hydroxylation sites is 2. The predicted molar refractivity (Wildman–Crippen MR) is 118 cm³/mol. The number of imidazole rings is 1. The number of carbonyl (C=O) groups is 1. The van der Waals surface area contributed by atoms with Gasteiger partial charge in [-0.05, 0) is 28.8 Å². The number of nitrogens with one attached hydrogen (secondary N) is 2. The summed E-state index contributed by atoms with van der Waals surface area (Å²) in [5.41, 5.74) is 2.37. The molecule has 14 heteroatoms. The van der Waals surface area contributed by atoms with E-state index in [4.69, 9.17) is 19.1 Å². The van der Waals surface area contributed by atoms with Gasteiger partial charge in [-0.25, -0.2) is 19.0 Å². The molecule has 0 spiro atoms. The van der Waals surface area contributed by atoms with E-state index >= 15 is 0 Å². The van der Waals surface area contributed by atoms with Gasteiger partial charge in [0.1, 0.15) is 17.9 Å². The molecule has 1 atom stereocenters. The molecule has 0 saturated carbocycles. The fraction of sp³-hybridized carbons (Fsp3) is 0.238. The van der Waals surface area contributed by atoms with Gasteiger partial charge in [0.2, 0.25) is 0 Å². The lowest BCUT2D eigenvalue weighted by atomic mass is 10.3. The number of carbonyl (C=O) groups excluding carboxylic acids is 1. The topological polar surface area (TPSA) is 186 Å². The molecule has 0 aliphatic carbocycles. The fourth-order valence-electron chi connectivity index (χ4n) is 3.07. The first kappa shape index (κ1) is 26.0. The van der Waals surface area contributed by atoms with Gasteiger partial charge in [0, 0.05) is 7.62 Å². The van der Waals surface area contributed by atoms with Crippen LogP contribution in [0.15, 0.2) is 53.3 Å². The largest absolute Gasteiger partial charge is 0.674 e. The molecule has 0 radical (unpaired) electrons. The standard InChI is InChI=1S/C21H21FN6O2.HO4P.H2/c22-14-4-3-9-24-17(14)12-25-21(29)18-13-30-20(28-18)8-11-23-10-7-19-26-15-5-1-2-6-16(15)27-19;1-4-5(2)3;/h1-6,9,13,23H,7-8,10-12H2,(H,25,29)(H,26,27);1H;1H. The summed E-state index contributed by atoms with van der Waals surface area (Å²) in [5, 5.41) is 13.3. The molecule has 1 aromatic carbocycles. The summed E-state index contributed by atoms with van der Waals surface area (Å²) in [5.74, 6) is 0.566.